The number of rotatable bonds is 6. The molecule has 0 atom stereocenters. The van der Waals surface area contributed by atoms with E-state index >= 15 is 0 Å². The SMILES string of the molecule is Cc1[nH]nc(-c2ccc(OCc3ccc([N+](=O)[O-])cc3)cc2O)c1-c1ccc(Cl)cc1. The van der Waals surface area contributed by atoms with Crippen LogP contribution in [0.4, 0.5) is 5.69 Å². The van der Waals surface area contributed by atoms with Gasteiger partial charge in [-0.25, -0.2) is 0 Å². The Morgan fingerprint density at radius 1 is 1.10 bits per heavy atom. The topological polar surface area (TPSA) is 101 Å². The van der Waals surface area contributed by atoms with Crippen LogP contribution in [-0.4, -0.2) is 20.2 Å². The number of aromatic amines is 1. The number of non-ortho nitro benzene ring substituents is 1. The van der Waals surface area contributed by atoms with E-state index in [9.17, 15) is 15.2 Å². The predicted octanol–water partition coefficient (Wildman–Crippen LogP) is 5.90. The lowest BCUT2D eigenvalue weighted by atomic mass is 9.99. The van der Waals surface area contributed by atoms with Crippen LogP contribution >= 0.6 is 11.6 Å². The van der Waals surface area contributed by atoms with Crippen LogP contribution in [0.2, 0.25) is 5.02 Å². The highest BCUT2D eigenvalue weighted by Gasteiger charge is 2.17. The fourth-order valence-corrected chi connectivity index (χ4v) is 3.40. The molecule has 0 saturated heterocycles. The van der Waals surface area contributed by atoms with E-state index < -0.39 is 4.92 Å². The van der Waals surface area contributed by atoms with E-state index in [1.807, 2.05) is 31.2 Å². The van der Waals surface area contributed by atoms with Gasteiger partial charge in [-0.3, -0.25) is 15.2 Å². The summed E-state index contributed by atoms with van der Waals surface area (Å²) < 4.78 is 5.72. The van der Waals surface area contributed by atoms with Gasteiger partial charge >= 0.3 is 0 Å². The second-order valence-corrected chi connectivity index (χ2v) is 7.41. The van der Waals surface area contributed by atoms with Crippen molar-refractivity contribution in [1.82, 2.24) is 10.2 Å². The van der Waals surface area contributed by atoms with E-state index in [2.05, 4.69) is 10.2 Å². The summed E-state index contributed by atoms with van der Waals surface area (Å²) in [6, 6.07) is 18.6. The number of hydrogen-bond acceptors (Lipinski definition) is 5. The molecule has 3 aromatic carbocycles. The van der Waals surface area contributed by atoms with Crippen molar-refractivity contribution in [1.29, 1.82) is 0 Å². The smallest absolute Gasteiger partial charge is 0.269 e. The lowest BCUT2D eigenvalue weighted by molar-refractivity contribution is -0.384. The number of nitro benzene ring substituents is 1. The second kappa shape index (κ2) is 8.49. The predicted molar refractivity (Wildman–Crippen MR) is 118 cm³/mol. The van der Waals surface area contributed by atoms with Crippen molar-refractivity contribution < 1.29 is 14.8 Å². The zero-order chi connectivity index (χ0) is 22.0. The molecular weight excluding hydrogens is 418 g/mol. The van der Waals surface area contributed by atoms with Gasteiger partial charge in [0.15, 0.2) is 0 Å². The molecule has 0 spiro atoms. The molecule has 0 saturated carbocycles. The number of aromatic hydroxyl groups is 1. The first-order valence-corrected chi connectivity index (χ1v) is 9.80. The first kappa shape index (κ1) is 20.4. The van der Waals surface area contributed by atoms with Crippen molar-refractivity contribution in [3.05, 3.63) is 93.1 Å². The number of phenolic OH excluding ortho intramolecular Hbond substituents is 1. The van der Waals surface area contributed by atoms with Crippen LogP contribution in [0.3, 0.4) is 0 Å². The van der Waals surface area contributed by atoms with E-state index in [1.54, 1.807) is 24.3 Å². The second-order valence-electron chi connectivity index (χ2n) is 6.97. The maximum atomic E-state index is 10.7. The monoisotopic (exact) mass is 435 g/mol. The Hall–Kier alpha value is -3.84. The molecule has 156 valence electrons. The Bertz CT molecular complexity index is 1230. The van der Waals surface area contributed by atoms with Crippen LogP contribution in [0.25, 0.3) is 22.4 Å². The summed E-state index contributed by atoms with van der Waals surface area (Å²) >= 11 is 6.00. The zero-order valence-electron chi connectivity index (χ0n) is 16.5. The molecule has 4 aromatic rings. The number of ether oxygens (including phenoxy) is 1. The average molecular weight is 436 g/mol. The van der Waals surface area contributed by atoms with Gasteiger partial charge < -0.3 is 9.84 Å². The lowest BCUT2D eigenvalue weighted by Gasteiger charge is -2.10. The minimum absolute atomic E-state index is 0.0246. The van der Waals surface area contributed by atoms with Gasteiger partial charge in [-0.1, -0.05) is 23.7 Å². The molecular formula is C23H18ClN3O4. The van der Waals surface area contributed by atoms with Crippen molar-refractivity contribution in [2.45, 2.75) is 13.5 Å². The lowest BCUT2D eigenvalue weighted by Crippen LogP contribution is -1.96. The van der Waals surface area contributed by atoms with Gasteiger partial charge in [0.05, 0.1) is 4.92 Å². The van der Waals surface area contributed by atoms with E-state index in [0.29, 0.717) is 22.0 Å². The molecule has 0 amide bonds. The normalized spacial score (nSPS) is 10.8. The Labute approximate surface area is 183 Å². The molecule has 0 unspecified atom stereocenters. The Morgan fingerprint density at radius 2 is 1.81 bits per heavy atom. The van der Waals surface area contributed by atoms with Crippen molar-refractivity contribution >= 4 is 17.3 Å². The van der Waals surface area contributed by atoms with Gasteiger partial charge in [0.1, 0.15) is 23.8 Å². The Kier molecular flexibility index (Phi) is 5.60. The molecule has 0 radical (unpaired) electrons. The number of benzene rings is 3. The number of nitrogens with one attached hydrogen (secondary N) is 1. The van der Waals surface area contributed by atoms with Crippen LogP contribution in [-0.2, 0) is 6.61 Å². The summed E-state index contributed by atoms with van der Waals surface area (Å²) in [5.41, 5.74) is 4.68. The zero-order valence-corrected chi connectivity index (χ0v) is 17.3. The van der Waals surface area contributed by atoms with E-state index in [1.165, 1.54) is 18.2 Å². The quantitative estimate of drug-likeness (QED) is 0.290. The van der Waals surface area contributed by atoms with Crippen molar-refractivity contribution in [3.63, 3.8) is 0 Å². The third kappa shape index (κ3) is 4.36. The molecule has 4 rings (SSSR count). The molecule has 0 aliphatic carbocycles. The van der Waals surface area contributed by atoms with E-state index in [-0.39, 0.29) is 18.0 Å². The van der Waals surface area contributed by atoms with Gasteiger partial charge in [0.2, 0.25) is 0 Å². The molecule has 1 aromatic heterocycles. The number of nitro groups is 1. The number of halogens is 1. The fraction of sp³-hybridized carbons (Fsp3) is 0.0870. The molecule has 7 nitrogen and oxygen atoms in total. The highest BCUT2D eigenvalue weighted by atomic mass is 35.5. The van der Waals surface area contributed by atoms with Crippen molar-refractivity contribution in [3.8, 4) is 33.9 Å². The number of nitrogens with zero attached hydrogens (tertiary/aromatic N) is 2. The first-order chi connectivity index (χ1) is 14.9. The average Bonchev–Trinajstić information content (AvgIpc) is 3.14. The summed E-state index contributed by atoms with van der Waals surface area (Å²) in [6.45, 7) is 2.13. The largest absolute Gasteiger partial charge is 0.507 e. The first-order valence-electron chi connectivity index (χ1n) is 9.43. The maximum Gasteiger partial charge on any atom is 0.269 e. The number of hydrogen-bond donors (Lipinski definition) is 2. The summed E-state index contributed by atoms with van der Waals surface area (Å²) in [5.74, 6) is 0.503. The van der Waals surface area contributed by atoms with Crippen LogP contribution in [0.1, 0.15) is 11.3 Å². The Morgan fingerprint density at radius 3 is 2.45 bits per heavy atom. The molecule has 0 aliphatic rings. The number of aryl methyl sites for hydroxylation is 1. The minimum Gasteiger partial charge on any atom is -0.507 e. The van der Waals surface area contributed by atoms with Crippen LogP contribution in [0, 0.1) is 17.0 Å². The van der Waals surface area contributed by atoms with Gasteiger partial charge in [-0.15, -0.1) is 0 Å². The summed E-state index contributed by atoms with van der Waals surface area (Å²) in [5, 5.41) is 29.4. The van der Waals surface area contributed by atoms with Crippen molar-refractivity contribution in [2.24, 2.45) is 0 Å². The summed E-state index contributed by atoms with van der Waals surface area (Å²) in [4.78, 5) is 10.3. The summed E-state index contributed by atoms with van der Waals surface area (Å²) in [7, 11) is 0. The molecule has 2 N–H and O–H groups in total. The fourth-order valence-electron chi connectivity index (χ4n) is 3.28. The summed E-state index contributed by atoms with van der Waals surface area (Å²) in [6.07, 6.45) is 0. The highest BCUT2D eigenvalue weighted by Crippen LogP contribution is 2.39. The maximum absolute atomic E-state index is 10.7. The molecule has 0 aliphatic heterocycles. The van der Waals surface area contributed by atoms with Gasteiger partial charge in [0.25, 0.3) is 5.69 Å². The van der Waals surface area contributed by atoms with Gasteiger partial charge in [-0.05, 0) is 54.4 Å². The van der Waals surface area contributed by atoms with Gasteiger partial charge in [0, 0.05) is 40.0 Å². The molecule has 31 heavy (non-hydrogen) atoms. The van der Waals surface area contributed by atoms with Crippen molar-refractivity contribution in [2.75, 3.05) is 0 Å². The molecule has 0 bridgehead atoms. The Balaban J connectivity index is 1.56. The van der Waals surface area contributed by atoms with Crippen LogP contribution in [0.15, 0.2) is 66.7 Å². The molecule has 0 fully saturated rings. The number of aromatic nitrogens is 2. The number of H-pyrrole nitrogens is 1. The minimum atomic E-state index is -0.448. The van der Waals surface area contributed by atoms with Gasteiger partial charge in [-0.2, -0.15) is 5.10 Å². The van der Waals surface area contributed by atoms with Crippen LogP contribution < -0.4 is 4.74 Å². The molecule has 8 heteroatoms. The highest BCUT2D eigenvalue weighted by molar-refractivity contribution is 6.30. The van der Waals surface area contributed by atoms with E-state index in [4.69, 9.17) is 16.3 Å². The third-order valence-electron chi connectivity index (χ3n) is 4.86. The number of phenols is 1. The standard InChI is InChI=1S/C23H18ClN3O4/c1-14-22(16-4-6-17(24)7-5-16)23(26-25-14)20-11-10-19(12-21(20)28)31-13-15-2-8-18(9-3-15)27(29)30/h2-12,28H,13H2,1H3,(H,25,26). The molecule has 1 heterocycles. The third-order valence-corrected chi connectivity index (χ3v) is 5.11. The van der Waals surface area contributed by atoms with E-state index in [0.717, 1.165) is 22.4 Å². The van der Waals surface area contributed by atoms with Crippen LogP contribution in [0.5, 0.6) is 11.5 Å².